The van der Waals surface area contributed by atoms with E-state index >= 15 is 0 Å². The maximum absolute atomic E-state index is 12.1. The fourth-order valence-corrected chi connectivity index (χ4v) is 5.82. The number of furan rings is 1. The Hall–Kier alpha value is -2.75. The first kappa shape index (κ1) is 37.4. The van der Waals surface area contributed by atoms with Crippen molar-refractivity contribution in [1.82, 2.24) is 4.98 Å². The van der Waals surface area contributed by atoms with Crippen LogP contribution < -0.4 is 0 Å². The topological polar surface area (TPSA) is 63.3 Å². The number of fused-ring (bicyclic) bond motifs is 2. The number of carbonyl (C=O) groups is 1. The van der Waals surface area contributed by atoms with Crippen molar-refractivity contribution in [3.63, 3.8) is 0 Å². The van der Waals surface area contributed by atoms with Gasteiger partial charge in [-0.1, -0.05) is 84.5 Å². The zero-order valence-electron chi connectivity index (χ0n) is 28.4. The molecule has 44 heavy (non-hydrogen) atoms. The van der Waals surface area contributed by atoms with Crippen molar-refractivity contribution >= 4 is 27.5 Å². The Morgan fingerprint density at radius 3 is 2.11 bits per heavy atom. The van der Waals surface area contributed by atoms with Gasteiger partial charge < -0.3 is 14.5 Å². The van der Waals surface area contributed by atoms with Crippen molar-refractivity contribution < 1.29 is 34.4 Å². The molecule has 0 amide bonds. The third kappa shape index (κ3) is 8.92. The van der Waals surface area contributed by atoms with Crippen LogP contribution in [0, 0.1) is 30.7 Å². The van der Waals surface area contributed by atoms with Gasteiger partial charge in [0.1, 0.15) is 5.76 Å². The van der Waals surface area contributed by atoms with Crippen LogP contribution in [0.1, 0.15) is 111 Å². The molecule has 0 aliphatic heterocycles. The van der Waals surface area contributed by atoms with E-state index in [-0.39, 0.29) is 37.7 Å². The summed E-state index contributed by atoms with van der Waals surface area (Å²) in [5.74, 6) is 2.59. The van der Waals surface area contributed by atoms with Gasteiger partial charge in [-0.2, -0.15) is 0 Å². The Bertz CT molecular complexity index is 1550. The largest absolute Gasteiger partial charge is 0.512 e. The van der Waals surface area contributed by atoms with Crippen LogP contribution in [0.15, 0.2) is 58.3 Å². The van der Waals surface area contributed by atoms with E-state index in [0.717, 1.165) is 65.5 Å². The Balaban J connectivity index is 0.000000345. The van der Waals surface area contributed by atoms with Crippen molar-refractivity contribution in [3.8, 4) is 11.3 Å². The van der Waals surface area contributed by atoms with Gasteiger partial charge in [0.2, 0.25) is 0 Å². The molecule has 5 heteroatoms. The van der Waals surface area contributed by atoms with Crippen LogP contribution in [0.3, 0.4) is 0 Å². The molecular formula is C39H52IrNO3-. The number of aromatic nitrogens is 1. The predicted octanol–water partition coefficient (Wildman–Crippen LogP) is 11.3. The molecule has 2 aromatic heterocycles. The SMILES string of the molecule is CCC(CC)C(=O)/C(C)=C(\O)C(CC)CC.Cc1cc2cc(C(C)C)[c-]c(-c3nccc4cc(CC(C)C)ccc34)c2o1.[Ir]. The minimum Gasteiger partial charge on any atom is -0.512 e. The standard InChI is InChI=1S/C25H26NO.C14H26O2.Ir/c1-15(2)10-18-6-7-22-19(12-18)8-9-26-24(22)23-14-20(16(3)4)13-21-11-17(5)27-25(21)23;1-6-11(7-2)13(15)10(5)14(16)12(8-3)9-4;/h6-9,11-13,15-16H,10H2,1-5H3;11-12,15H,6-9H2,1-5H3;/q-1;;/b;13-10-;. The number of pyridine rings is 1. The second-order valence-corrected chi connectivity index (χ2v) is 12.6. The third-order valence-corrected chi connectivity index (χ3v) is 8.51. The van der Waals surface area contributed by atoms with Crippen LogP contribution in [0.25, 0.3) is 33.0 Å². The van der Waals surface area contributed by atoms with E-state index in [9.17, 15) is 9.90 Å². The summed E-state index contributed by atoms with van der Waals surface area (Å²) in [5.41, 5.74) is 5.92. The first-order valence-electron chi connectivity index (χ1n) is 16.2. The molecule has 4 rings (SSSR count). The smallest absolute Gasteiger partial charge is 0.164 e. The molecule has 0 unspecified atom stereocenters. The normalized spacial score (nSPS) is 12.1. The maximum atomic E-state index is 12.1. The summed E-state index contributed by atoms with van der Waals surface area (Å²) in [6.45, 7) is 20.8. The number of hydrogen-bond donors (Lipinski definition) is 1. The molecule has 0 saturated carbocycles. The second kappa shape index (κ2) is 17.1. The van der Waals surface area contributed by atoms with E-state index in [2.05, 4.69) is 70.2 Å². The Labute approximate surface area is 279 Å². The van der Waals surface area contributed by atoms with E-state index in [1.54, 1.807) is 6.92 Å². The minimum absolute atomic E-state index is 0. The first-order chi connectivity index (χ1) is 20.4. The summed E-state index contributed by atoms with van der Waals surface area (Å²) in [6, 6.07) is 16.7. The van der Waals surface area contributed by atoms with Crippen LogP contribution in [0.4, 0.5) is 0 Å². The van der Waals surface area contributed by atoms with Crippen LogP contribution in [-0.4, -0.2) is 15.9 Å². The number of nitrogens with zero attached hydrogens (tertiary/aromatic N) is 1. The molecule has 0 spiro atoms. The van der Waals surface area contributed by atoms with Crippen molar-refractivity contribution in [2.24, 2.45) is 17.8 Å². The Kier molecular flexibility index (Phi) is 14.5. The average Bonchev–Trinajstić information content (AvgIpc) is 3.37. The van der Waals surface area contributed by atoms with Crippen LogP contribution in [-0.2, 0) is 31.3 Å². The quantitative estimate of drug-likeness (QED) is 0.0936. The zero-order valence-corrected chi connectivity index (χ0v) is 30.8. The molecule has 0 aliphatic carbocycles. The monoisotopic (exact) mass is 775 g/mol. The van der Waals surface area contributed by atoms with Crippen molar-refractivity contribution in [1.29, 1.82) is 0 Å². The van der Waals surface area contributed by atoms with Crippen LogP contribution in [0.5, 0.6) is 0 Å². The first-order valence-corrected chi connectivity index (χ1v) is 16.2. The van der Waals surface area contributed by atoms with Crippen molar-refractivity contribution in [3.05, 3.63) is 76.9 Å². The van der Waals surface area contributed by atoms with Gasteiger partial charge in [-0.05, 0) is 91.9 Å². The number of aliphatic hydroxyl groups excluding tert-OH is 1. The number of aliphatic hydroxyl groups is 1. The van der Waals surface area contributed by atoms with E-state index in [4.69, 9.17) is 9.40 Å². The predicted molar refractivity (Wildman–Crippen MR) is 182 cm³/mol. The Morgan fingerprint density at radius 2 is 1.55 bits per heavy atom. The number of allylic oxidation sites excluding steroid dienone is 2. The summed E-state index contributed by atoms with van der Waals surface area (Å²) in [6.07, 6.45) is 6.45. The van der Waals surface area contributed by atoms with Crippen LogP contribution in [0.2, 0.25) is 0 Å². The zero-order chi connectivity index (χ0) is 31.8. The average molecular weight is 775 g/mol. The number of ketones is 1. The molecule has 241 valence electrons. The molecular weight excluding hydrogens is 723 g/mol. The van der Waals surface area contributed by atoms with Gasteiger partial charge >= 0.3 is 0 Å². The van der Waals surface area contributed by atoms with Gasteiger partial charge in [-0.15, -0.1) is 17.7 Å². The number of Topliss-reactive ketones (excluding diaryl/α,β-unsaturated/α-hetero) is 1. The van der Waals surface area contributed by atoms with Gasteiger partial charge in [-0.25, -0.2) is 0 Å². The van der Waals surface area contributed by atoms with E-state index in [0.29, 0.717) is 23.2 Å². The molecule has 0 aliphatic rings. The van der Waals surface area contributed by atoms with E-state index in [1.165, 1.54) is 16.5 Å². The van der Waals surface area contributed by atoms with Crippen LogP contribution >= 0.6 is 0 Å². The van der Waals surface area contributed by atoms with E-state index < -0.39 is 0 Å². The number of aryl methyl sites for hydroxylation is 1. The van der Waals surface area contributed by atoms with Gasteiger partial charge in [0.25, 0.3) is 0 Å². The van der Waals surface area contributed by atoms with Crippen molar-refractivity contribution in [2.75, 3.05) is 0 Å². The van der Waals surface area contributed by atoms with Gasteiger partial charge in [-0.3, -0.25) is 4.79 Å². The van der Waals surface area contributed by atoms with Gasteiger partial charge in [0, 0.05) is 43.7 Å². The molecule has 0 bridgehead atoms. The summed E-state index contributed by atoms with van der Waals surface area (Å²) in [4.78, 5) is 16.8. The minimum atomic E-state index is 0. The van der Waals surface area contributed by atoms with E-state index in [1.807, 2.05) is 40.8 Å². The third-order valence-electron chi connectivity index (χ3n) is 8.51. The van der Waals surface area contributed by atoms with Crippen molar-refractivity contribution in [2.45, 2.75) is 107 Å². The summed E-state index contributed by atoms with van der Waals surface area (Å²) >= 11 is 0. The summed E-state index contributed by atoms with van der Waals surface area (Å²) in [7, 11) is 0. The maximum Gasteiger partial charge on any atom is 0.164 e. The molecule has 1 N–H and O–H groups in total. The number of benzene rings is 2. The molecule has 4 nitrogen and oxygen atoms in total. The number of rotatable bonds is 11. The molecule has 0 saturated heterocycles. The summed E-state index contributed by atoms with van der Waals surface area (Å²) in [5, 5.41) is 13.5. The molecule has 2 heterocycles. The Morgan fingerprint density at radius 1 is 0.909 bits per heavy atom. The molecule has 0 fully saturated rings. The second-order valence-electron chi connectivity index (χ2n) is 12.6. The molecule has 4 aromatic rings. The molecule has 1 radical (unpaired) electrons. The number of carbonyl (C=O) groups excluding carboxylic acids is 1. The van der Waals surface area contributed by atoms with Gasteiger partial charge in [0.15, 0.2) is 5.78 Å². The molecule has 2 aromatic carbocycles. The fraction of sp³-hybridized carbons (Fsp3) is 0.487. The summed E-state index contributed by atoms with van der Waals surface area (Å²) < 4.78 is 6.04. The van der Waals surface area contributed by atoms with Gasteiger partial charge in [0.05, 0.1) is 11.3 Å². The molecule has 0 atom stereocenters. The number of hydrogen-bond acceptors (Lipinski definition) is 4. The fourth-order valence-electron chi connectivity index (χ4n) is 5.82.